The van der Waals surface area contributed by atoms with Crippen molar-refractivity contribution in [3.05, 3.63) is 29.8 Å². The number of carboxylic acid groups (broad SMARTS) is 1. The summed E-state index contributed by atoms with van der Waals surface area (Å²) in [4.78, 5) is 38.6. The Morgan fingerprint density at radius 1 is 1.31 bits per heavy atom. The lowest BCUT2D eigenvalue weighted by Crippen LogP contribution is -2.58. The van der Waals surface area contributed by atoms with Crippen LogP contribution in [0.5, 0.6) is 0 Å². The number of para-hydroxylation sites is 1. The van der Waals surface area contributed by atoms with Gasteiger partial charge in [-0.3, -0.25) is 9.59 Å². The van der Waals surface area contributed by atoms with E-state index >= 15 is 0 Å². The van der Waals surface area contributed by atoms with E-state index in [1.165, 1.54) is 0 Å². The van der Waals surface area contributed by atoms with Gasteiger partial charge in [-0.25, -0.2) is 4.79 Å². The maximum absolute atomic E-state index is 12.7. The van der Waals surface area contributed by atoms with Crippen molar-refractivity contribution in [3.8, 4) is 0 Å². The molecule has 2 N–H and O–H groups in total. The molecular formula is C19H24N2O4S. The molecule has 0 aliphatic carbocycles. The predicted molar refractivity (Wildman–Crippen MR) is 101 cm³/mol. The van der Waals surface area contributed by atoms with Crippen LogP contribution in [-0.4, -0.2) is 46.5 Å². The molecule has 26 heavy (non-hydrogen) atoms. The number of anilines is 1. The van der Waals surface area contributed by atoms with Crippen LogP contribution in [0.4, 0.5) is 5.69 Å². The second-order valence-electron chi connectivity index (χ2n) is 6.88. The van der Waals surface area contributed by atoms with Crippen molar-refractivity contribution in [2.75, 3.05) is 23.0 Å². The lowest BCUT2D eigenvalue weighted by molar-refractivity contribution is -0.148. The molecule has 0 saturated carbocycles. The number of amides is 2. The molecule has 2 aliphatic heterocycles. The number of rotatable bonds is 5. The van der Waals surface area contributed by atoms with E-state index in [0.29, 0.717) is 30.9 Å². The number of nitrogens with one attached hydrogen (secondary N) is 1. The minimum absolute atomic E-state index is 0.0883. The third kappa shape index (κ3) is 3.58. The van der Waals surface area contributed by atoms with Gasteiger partial charge < -0.3 is 15.3 Å². The van der Waals surface area contributed by atoms with Crippen molar-refractivity contribution in [1.82, 2.24) is 5.32 Å². The van der Waals surface area contributed by atoms with Gasteiger partial charge in [0.05, 0.1) is 5.92 Å². The fourth-order valence-electron chi connectivity index (χ4n) is 3.64. The monoisotopic (exact) mass is 376 g/mol. The van der Waals surface area contributed by atoms with Crippen LogP contribution in [0.15, 0.2) is 24.3 Å². The summed E-state index contributed by atoms with van der Waals surface area (Å²) in [6.45, 7) is 2.33. The van der Waals surface area contributed by atoms with Crippen molar-refractivity contribution in [3.63, 3.8) is 0 Å². The van der Waals surface area contributed by atoms with Crippen LogP contribution < -0.4 is 10.2 Å². The highest BCUT2D eigenvalue weighted by molar-refractivity contribution is 7.99. The number of carbonyl (C=O) groups excluding carboxylic acids is 2. The number of carbonyl (C=O) groups is 3. The van der Waals surface area contributed by atoms with Gasteiger partial charge in [0, 0.05) is 18.7 Å². The highest BCUT2D eigenvalue weighted by Crippen LogP contribution is 2.31. The molecule has 6 nitrogen and oxygen atoms in total. The number of carboxylic acids is 1. The molecule has 0 spiro atoms. The summed E-state index contributed by atoms with van der Waals surface area (Å²) < 4.78 is 0. The number of hydrogen-bond acceptors (Lipinski definition) is 4. The third-order valence-corrected chi connectivity index (χ3v) is 6.26. The number of nitrogens with zero attached hydrogens (tertiary/aromatic N) is 1. The summed E-state index contributed by atoms with van der Waals surface area (Å²) in [5.41, 5.74) is 0.714. The Balaban J connectivity index is 1.73. The molecule has 1 aromatic carbocycles. The molecule has 1 aromatic rings. The van der Waals surface area contributed by atoms with Crippen molar-refractivity contribution in [2.24, 2.45) is 5.92 Å². The Bertz CT molecular complexity index is 715. The van der Waals surface area contributed by atoms with E-state index in [2.05, 4.69) is 5.32 Å². The summed E-state index contributed by atoms with van der Waals surface area (Å²) in [5.74, 6) is -0.487. The average molecular weight is 376 g/mol. The lowest BCUT2D eigenvalue weighted by atomic mass is 9.91. The first-order chi connectivity index (χ1) is 12.5. The fraction of sp³-hybridized carbons (Fsp3) is 0.526. The van der Waals surface area contributed by atoms with Gasteiger partial charge in [0.25, 0.3) is 0 Å². The van der Waals surface area contributed by atoms with E-state index in [-0.39, 0.29) is 18.2 Å². The van der Waals surface area contributed by atoms with E-state index < -0.39 is 17.4 Å². The van der Waals surface area contributed by atoms with Crippen molar-refractivity contribution < 1.29 is 19.5 Å². The molecule has 0 aromatic heterocycles. The number of benzene rings is 1. The molecule has 2 amide bonds. The Morgan fingerprint density at radius 2 is 2.00 bits per heavy atom. The van der Waals surface area contributed by atoms with E-state index in [9.17, 15) is 19.5 Å². The summed E-state index contributed by atoms with van der Waals surface area (Å²) in [6.07, 6.45) is 1.76. The highest BCUT2D eigenvalue weighted by Gasteiger charge is 2.44. The number of hydrogen-bond donors (Lipinski definition) is 2. The van der Waals surface area contributed by atoms with Gasteiger partial charge in [-0.05, 0) is 42.4 Å². The number of aliphatic carboxylic acids is 1. The molecule has 0 radical (unpaired) electrons. The molecule has 1 unspecified atom stereocenters. The van der Waals surface area contributed by atoms with Gasteiger partial charge in [-0.15, -0.1) is 0 Å². The van der Waals surface area contributed by atoms with E-state index in [1.807, 2.05) is 31.2 Å². The van der Waals surface area contributed by atoms with Crippen LogP contribution in [-0.2, 0) is 20.8 Å². The SMILES string of the molecule is CCc1ccccc1N1CC(C(=O)NC2(C(=O)O)CCSCC2)CC1=O. The highest BCUT2D eigenvalue weighted by atomic mass is 32.2. The first-order valence-electron chi connectivity index (χ1n) is 8.98. The third-order valence-electron chi connectivity index (χ3n) is 5.28. The number of thioether (sulfide) groups is 1. The Kier molecular flexibility index (Phi) is 5.55. The first kappa shape index (κ1) is 18.8. The smallest absolute Gasteiger partial charge is 0.329 e. The minimum Gasteiger partial charge on any atom is -0.480 e. The fourth-order valence-corrected chi connectivity index (χ4v) is 4.83. The summed E-state index contributed by atoms with van der Waals surface area (Å²) in [6, 6.07) is 7.70. The molecule has 7 heteroatoms. The quantitative estimate of drug-likeness (QED) is 0.822. The normalized spacial score (nSPS) is 22.3. The maximum atomic E-state index is 12.7. The molecule has 1 atom stereocenters. The zero-order valence-electron chi connectivity index (χ0n) is 14.9. The lowest BCUT2D eigenvalue weighted by Gasteiger charge is -2.34. The molecule has 3 rings (SSSR count). The minimum atomic E-state index is -1.19. The zero-order chi connectivity index (χ0) is 18.7. The molecule has 2 fully saturated rings. The Labute approximate surface area is 157 Å². The predicted octanol–water partition coefficient (Wildman–Crippen LogP) is 2.07. The van der Waals surface area contributed by atoms with Gasteiger partial charge in [0.2, 0.25) is 11.8 Å². The van der Waals surface area contributed by atoms with Crippen LogP contribution in [0.2, 0.25) is 0 Å². The van der Waals surface area contributed by atoms with Crippen LogP contribution in [0, 0.1) is 5.92 Å². The van der Waals surface area contributed by atoms with Crippen molar-refractivity contribution in [1.29, 1.82) is 0 Å². The van der Waals surface area contributed by atoms with E-state index in [1.54, 1.807) is 16.7 Å². The summed E-state index contributed by atoms with van der Waals surface area (Å²) >= 11 is 1.70. The Morgan fingerprint density at radius 3 is 2.65 bits per heavy atom. The summed E-state index contributed by atoms with van der Waals surface area (Å²) in [7, 11) is 0. The van der Waals surface area contributed by atoms with Gasteiger partial charge in [-0.1, -0.05) is 25.1 Å². The van der Waals surface area contributed by atoms with Gasteiger partial charge in [-0.2, -0.15) is 11.8 Å². The van der Waals surface area contributed by atoms with Gasteiger partial charge >= 0.3 is 5.97 Å². The molecule has 2 heterocycles. The Hall–Kier alpha value is -2.02. The molecular weight excluding hydrogens is 352 g/mol. The number of aryl methyl sites for hydroxylation is 1. The van der Waals surface area contributed by atoms with E-state index in [4.69, 9.17) is 0 Å². The van der Waals surface area contributed by atoms with Crippen LogP contribution in [0.25, 0.3) is 0 Å². The molecule has 2 saturated heterocycles. The second-order valence-corrected chi connectivity index (χ2v) is 8.10. The van der Waals surface area contributed by atoms with Crippen molar-refractivity contribution in [2.45, 2.75) is 38.1 Å². The van der Waals surface area contributed by atoms with Crippen LogP contribution >= 0.6 is 11.8 Å². The van der Waals surface area contributed by atoms with Crippen molar-refractivity contribution >= 4 is 35.2 Å². The second kappa shape index (κ2) is 7.70. The topological polar surface area (TPSA) is 86.7 Å². The van der Waals surface area contributed by atoms with Crippen LogP contribution in [0.3, 0.4) is 0 Å². The standard InChI is InChI=1S/C19H24N2O4S/c1-2-13-5-3-4-6-15(13)21-12-14(11-16(21)22)17(23)20-19(18(24)25)7-9-26-10-8-19/h3-6,14H,2,7-12H2,1H3,(H,20,23)(H,24,25). The van der Waals surface area contributed by atoms with E-state index in [0.717, 1.165) is 17.7 Å². The molecule has 2 aliphatic rings. The zero-order valence-corrected chi connectivity index (χ0v) is 15.7. The maximum Gasteiger partial charge on any atom is 0.329 e. The largest absolute Gasteiger partial charge is 0.480 e. The van der Waals surface area contributed by atoms with Gasteiger partial charge in [0.15, 0.2) is 0 Å². The van der Waals surface area contributed by atoms with Gasteiger partial charge in [0.1, 0.15) is 5.54 Å². The first-order valence-corrected chi connectivity index (χ1v) is 10.1. The molecule has 140 valence electrons. The van der Waals surface area contributed by atoms with Crippen LogP contribution in [0.1, 0.15) is 31.7 Å². The molecule has 0 bridgehead atoms. The summed E-state index contributed by atoms with van der Waals surface area (Å²) in [5, 5.41) is 12.4. The average Bonchev–Trinajstić information content (AvgIpc) is 3.04.